The molecule has 0 aliphatic heterocycles. The molecule has 0 aliphatic carbocycles. The van der Waals surface area contributed by atoms with E-state index in [1.54, 1.807) is 24.8 Å². The van der Waals surface area contributed by atoms with E-state index in [2.05, 4.69) is 34.2 Å². The number of benzene rings is 5. The van der Waals surface area contributed by atoms with Gasteiger partial charge in [0.15, 0.2) is 0 Å². The Kier molecular flexibility index (Phi) is 10.4. The van der Waals surface area contributed by atoms with Crippen LogP contribution >= 0.6 is 0 Å². The molecule has 5 heterocycles. The molecule has 0 atom stereocenters. The first kappa shape index (κ1) is 36.7. The molecule has 0 saturated heterocycles. The number of hydrogen-bond donors (Lipinski definition) is 0. The van der Waals surface area contributed by atoms with E-state index in [1.807, 2.05) is 132 Å². The molecular weight excluding hydrogens is 883 g/mol. The molecule has 5 aromatic heterocycles. The van der Waals surface area contributed by atoms with Crippen LogP contribution in [0.4, 0.5) is 0 Å². The van der Waals surface area contributed by atoms with Crippen molar-refractivity contribution in [1.82, 2.24) is 24.5 Å². The van der Waals surface area contributed by atoms with E-state index < -0.39 is 0 Å². The van der Waals surface area contributed by atoms with Gasteiger partial charge in [-0.1, -0.05) is 65.6 Å². The van der Waals surface area contributed by atoms with Gasteiger partial charge in [-0.3, -0.25) is 0 Å². The molecule has 10 heteroatoms. The van der Waals surface area contributed by atoms with Crippen molar-refractivity contribution in [2.24, 2.45) is 0 Å². The second-order valence-corrected chi connectivity index (χ2v) is 12.4. The fourth-order valence-electron chi connectivity index (χ4n) is 6.43. The van der Waals surface area contributed by atoms with Crippen LogP contribution < -0.4 is 9.47 Å². The van der Waals surface area contributed by atoms with Gasteiger partial charge in [-0.05, 0) is 35.7 Å². The first-order valence-corrected chi connectivity index (χ1v) is 17.2. The second-order valence-electron chi connectivity index (χ2n) is 12.4. The molecular formula is C46H25N5O3Pd2. The molecule has 0 spiro atoms. The summed E-state index contributed by atoms with van der Waals surface area (Å²) in [6.45, 7) is 0. The van der Waals surface area contributed by atoms with E-state index in [4.69, 9.17) is 23.9 Å². The molecule has 10 rings (SSSR count). The van der Waals surface area contributed by atoms with Crippen LogP contribution in [-0.2, 0) is 40.8 Å². The third-order valence-corrected chi connectivity index (χ3v) is 8.94. The number of aromatic nitrogens is 5. The van der Waals surface area contributed by atoms with Crippen molar-refractivity contribution >= 4 is 32.8 Å². The Morgan fingerprint density at radius 1 is 0.500 bits per heavy atom. The zero-order chi connectivity index (χ0) is 35.8. The van der Waals surface area contributed by atoms with Gasteiger partial charge >= 0.3 is 40.8 Å². The number of furan rings is 1. The van der Waals surface area contributed by atoms with Gasteiger partial charge in [-0.15, -0.1) is 71.8 Å². The SMILES string of the molecule is [Pd+2].[Pd+2].[c-]1c(Oc2[c-]c3c(cc2)c2ccc(Oc4[c-]c(-c5ccccn5)ccc4)[c-]c2n3-c2ncc(-c3cc4ccccc4o3)cn2)cccc1-c1ccccn1. The molecule has 0 amide bonds. The first-order valence-electron chi connectivity index (χ1n) is 17.2. The fourth-order valence-corrected chi connectivity index (χ4v) is 6.43. The van der Waals surface area contributed by atoms with Gasteiger partial charge in [0.05, 0.1) is 5.56 Å². The number of ether oxygens (including phenoxy) is 2. The van der Waals surface area contributed by atoms with Crippen LogP contribution in [0.25, 0.3) is 72.6 Å². The maximum Gasteiger partial charge on any atom is 2.00 e. The Morgan fingerprint density at radius 3 is 1.57 bits per heavy atom. The Balaban J connectivity index is 0.00000220. The molecule has 0 bridgehead atoms. The van der Waals surface area contributed by atoms with Gasteiger partial charge < -0.3 is 28.4 Å². The van der Waals surface area contributed by atoms with Crippen LogP contribution in [-0.4, -0.2) is 24.5 Å². The van der Waals surface area contributed by atoms with Crippen LogP contribution in [0, 0.1) is 24.3 Å². The maximum atomic E-state index is 6.34. The summed E-state index contributed by atoms with van der Waals surface area (Å²) in [5.41, 5.74) is 6.23. The predicted octanol–water partition coefficient (Wildman–Crippen LogP) is 10.9. The van der Waals surface area contributed by atoms with Crippen molar-refractivity contribution in [2.45, 2.75) is 0 Å². The molecule has 5 aromatic carbocycles. The average Bonchev–Trinajstić information content (AvgIpc) is 3.81. The molecule has 56 heavy (non-hydrogen) atoms. The molecule has 0 N–H and O–H groups in total. The summed E-state index contributed by atoms with van der Waals surface area (Å²) in [5.74, 6) is 3.17. The zero-order valence-corrected chi connectivity index (χ0v) is 32.1. The molecule has 8 nitrogen and oxygen atoms in total. The summed E-state index contributed by atoms with van der Waals surface area (Å²) < 4.78 is 20.7. The third kappa shape index (κ3) is 7.16. The molecule has 0 aliphatic rings. The normalized spacial score (nSPS) is 10.9. The van der Waals surface area contributed by atoms with Gasteiger partial charge in [-0.25, -0.2) is 9.97 Å². The number of nitrogens with zero attached hydrogens (tertiary/aromatic N) is 5. The van der Waals surface area contributed by atoms with E-state index >= 15 is 0 Å². The van der Waals surface area contributed by atoms with E-state index in [-0.39, 0.29) is 40.8 Å². The third-order valence-electron chi connectivity index (χ3n) is 8.94. The van der Waals surface area contributed by atoms with Gasteiger partial charge in [0.2, 0.25) is 5.95 Å². The summed E-state index contributed by atoms with van der Waals surface area (Å²) >= 11 is 0. The Bertz CT molecular complexity index is 2780. The topological polar surface area (TPSA) is 88.1 Å². The standard InChI is InChI=1S/C46H25N5O3.2Pd/c1-2-16-44-32(9-1)25-45(54-44)33-28-49-46(50-29-33)51-42-26-36(52-34-12-7-10-30(23-34)40-14-3-5-21-47-40)17-19-38(42)39-20-18-37(27-43(39)51)53-35-13-8-11-31(24-35)41-15-4-6-22-48-41;;/h1-22,25,28-29H;;/q-4;2*+2. The summed E-state index contributed by atoms with van der Waals surface area (Å²) in [4.78, 5) is 18.6. The van der Waals surface area contributed by atoms with Crippen LogP contribution in [0.5, 0.6) is 23.0 Å². The van der Waals surface area contributed by atoms with Gasteiger partial charge in [0.1, 0.15) is 11.3 Å². The molecule has 272 valence electrons. The predicted molar refractivity (Wildman–Crippen MR) is 206 cm³/mol. The summed E-state index contributed by atoms with van der Waals surface area (Å²) in [5, 5.41) is 2.84. The number of pyridine rings is 2. The quantitative estimate of drug-likeness (QED) is 0.111. The minimum Gasteiger partial charge on any atom is -0.503 e. The molecule has 10 aromatic rings. The van der Waals surface area contributed by atoms with Crippen molar-refractivity contribution in [1.29, 1.82) is 0 Å². The summed E-state index contributed by atoms with van der Waals surface area (Å²) in [6.07, 6.45) is 7.03. The van der Waals surface area contributed by atoms with Crippen molar-refractivity contribution in [3.63, 3.8) is 0 Å². The van der Waals surface area contributed by atoms with E-state index in [0.717, 1.165) is 49.8 Å². The second kappa shape index (κ2) is 15.8. The largest absolute Gasteiger partial charge is 2.00 e. The first-order chi connectivity index (χ1) is 26.7. The van der Waals surface area contributed by atoms with E-state index in [0.29, 0.717) is 45.7 Å². The zero-order valence-electron chi connectivity index (χ0n) is 29.0. The molecule has 0 fully saturated rings. The fraction of sp³-hybridized carbons (Fsp3) is 0. The van der Waals surface area contributed by atoms with E-state index in [9.17, 15) is 0 Å². The minimum absolute atomic E-state index is 0. The van der Waals surface area contributed by atoms with Gasteiger partial charge in [0, 0.05) is 53.2 Å². The van der Waals surface area contributed by atoms with Crippen molar-refractivity contribution in [3.05, 3.63) is 176 Å². The summed E-state index contributed by atoms with van der Waals surface area (Å²) in [6, 6.07) is 54.3. The van der Waals surface area contributed by atoms with Crippen LogP contribution in [0.3, 0.4) is 0 Å². The maximum absolute atomic E-state index is 6.34. The van der Waals surface area contributed by atoms with Crippen LogP contribution in [0.15, 0.2) is 157 Å². The number of rotatable bonds is 8. The minimum atomic E-state index is 0. The average molecular weight is 909 g/mol. The molecule has 0 saturated carbocycles. The van der Waals surface area contributed by atoms with Crippen molar-refractivity contribution in [2.75, 3.05) is 0 Å². The summed E-state index contributed by atoms with van der Waals surface area (Å²) in [7, 11) is 0. The van der Waals surface area contributed by atoms with Crippen LogP contribution in [0.2, 0.25) is 0 Å². The molecule has 0 unspecified atom stereocenters. The monoisotopic (exact) mass is 907 g/mol. The molecule has 0 radical (unpaired) electrons. The van der Waals surface area contributed by atoms with Crippen LogP contribution in [0.1, 0.15) is 0 Å². The smallest absolute Gasteiger partial charge is 0.503 e. The van der Waals surface area contributed by atoms with Crippen molar-refractivity contribution in [3.8, 4) is 62.8 Å². The number of para-hydroxylation sites is 1. The number of hydrogen-bond acceptors (Lipinski definition) is 7. The van der Waals surface area contributed by atoms with Gasteiger partial charge in [0.25, 0.3) is 0 Å². The Hall–Kier alpha value is -6.26. The number of fused-ring (bicyclic) bond motifs is 4. The van der Waals surface area contributed by atoms with Crippen molar-refractivity contribution < 1.29 is 54.7 Å². The van der Waals surface area contributed by atoms with E-state index in [1.165, 1.54) is 0 Å². The van der Waals surface area contributed by atoms with Gasteiger partial charge in [-0.2, -0.15) is 22.9 Å². The Labute approximate surface area is 349 Å². The Morgan fingerprint density at radius 2 is 1.04 bits per heavy atom.